The minimum Gasteiger partial charge on any atom is -0.434 e. The summed E-state index contributed by atoms with van der Waals surface area (Å²) in [6.07, 6.45) is 3.25. The molecule has 0 saturated heterocycles. The summed E-state index contributed by atoms with van der Waals surface area (Å²) in [4.78, 5) is 16.4. The van der Waals surface area contributed by atoms with E-state index in [1.807, 2.05) is 6.26 Å². The van der Waals surface area contributed by atoms with Gasteiger partial charge in [-0.15, -0.1) is 0 Å². The SMILES string of the molecule is C=C(Cl)/C=C(\C(=C)Cl)C(=O)c1ccc(OC(=NC)SC)cc1. The molecule has 0 aliphatic carbocycles. The Hall–Kier alpha value is -1.49. The Balaban J connectivity index is 3.01. The Kier molecular flexibility index (Phi) is 7.45. The van der Waals surface area contributed by atoms with Gasteiger partial charge in [0.2, 0.25) is 0 Å². The molecule has 1 rings (SSSR count). The zero-order chi connectivity index (χ0) is 16.7. The van der Waals surface area contributed by atoms with Crippen molar-refractivity contribution in [2.24, 2.45) is 4.99 Å². The standard InChI is InChI=1S/C16H15Cl2NO2S/c1-10(17)9-14(11(2)18)15(20)12-5-7-13(8-6-12)21-16(19-3)22-4/h5-9H,1-2H2,3-4H3/b14-9+,19-16?. The third-order valence-corrected chi connectivity index (χ3v) is 3.44. The maximum atomic E-state index is 12.4. The van der Waals surface area contributed by atoms with Crippen molar-refractivity contribution in [2.45, 2.75) is 0 Å². The normalized spacial score (nSPS) is 12.0. The number of hydrogen-bond acceptors (Lipinski definition) is 4. The molecule has 1 aromatic rings. The molecule has 0 atom stereocenters. The fraction of sp³-hybridized carbons (Fsp3) is 0.125. The zero-order valence-corrected chi connectivity index (χ0v) is 14.6. The van der Waals surface area contributed by atoms with Crippen LogP contribution in [0.25, 0.3) is 0 Å². The number of rotatable bonds is 5. The predicted octanol–water partition coefficient (Wildman–Crippen LogP) is 5.03. The molecule has 0 bridgehead atoms. The molecule has 0 heterocycles. The van der Waals surface area contributed by atoms with Crippen LogP contribution >= 0.6 is 35.0 Å². The largest absolute Gasteiger partial charge is 0.434 e. The van der Waals surface area contributed by atoms with E-state index >= 15 is 0 Å². The molecular formula is C16H15Cl2NO2S. The van der Waals surface area contributed by atoms with Gasteiger partial charge in [0.15, 0.2) is 5.78 Å². The first-order valence-corrected chi connectivity index (χ1v) is 8.11. The summed E-state index contributed by atoms with van der Waals surface area (Å²) in [5.41, 5.74) is 0.646. The van der Waals surface area contributed by atoms with Crippen LogP contribution < -0.4 is 4.74 Å². The number of aliphatic imine (C=N–C) groups is 1. The molecule has 0 aliphatic rings. The van der Waals surface area contributed by atoms with Gasteiger partial charge in [-0.2, -0.15) is 0 Å². The lowest BCUT2D eigenvalue weighted by atomic mass is 10.0. The molecule has 0 aromatic heterocycles. The highest BCUT2D eigenvalue weighted by Crippen LogP contribution is 2.23. The second-order valence-electron chi connectivity index (χ2n) is 4.06. The number of benzene rings is 1. The summed E-state index contributed by atoms with van der Waals surface area (Å²) < 4.78 is 5.53. The molecule has 1 aromatic carbocycles. The highest BCUT2D eigenvalue weighted by molar-refractivity contribution is 8.13. The summed E-state index contributed by atoms with van der Waals surface area (Å²) in [5.74, 6) is 0.297. The summed E-state index contributed by atoms with van der Waals surface area (Å²) >= 11 is 12.9. The van der Waals surface area contributed by atoms with Crippen LogP contribution in [0.3, 0.4) is 0 Å². The first-order valence-electron chi connectivity index (χ1n) is 6.13. The molecule has 22 heavy (non-hydrogen) atoms. The lowest BCUT2D eigenvalue weighted by molar-refractivity contribution is 0.103. The van der Waals surface area contributed by atoms with E-state index in [0.717, 1.165) is 0 Å². The van der Waals surface area contributed by atoms with Crippen LogP contribution in [0.15, 0.2) is 64.1 Å². The Morgan fingerprint density at radius 3 is 2.27 bits per heavy atom. The predicted molar refractivity (Wildman–Crippen MR) is 96.3 cm³/mol. The summed E-state index contributed by atoms with van der Waals surface area (Å²) in [6, 6.07) is 6.63. The van der Waals surface area contributed by atoms with Gasteiger partial charge < -0.3 is 4.74 Å². The Morgan fingerprint density at radius 1 is 1.27 bits per heavy atom. The number of ether oxygens (including phenoxy) is 1. The van der Waals surface area contributed by atoms with Gasteiger partial charge in [0.25, 0.3) is 5.23 Å². The number of carbonyl (C=O) groups is 1. The molecule has 0 fully saturated rings. The zero-order valence-electron chi connectivity index (χ0n) is 12.2. The van der Waals surface area contributed by atoms with Crippen LogP contribution in [0.5, 0.6) is 5.75 Å². The topological polar surface area (TPSA) is 38.7 Å². The first-order chi connectivity index (χ1) is 10.4. The average Bonchev–Trinajstić information content (AvgIpc) is 2.49. The number of Topliss-reactive ketones (excluding diaryl/α,β-unsaturated/α-hetero) is 1. The number of carbonyl (C=O) groups excluding carboxylic acids is 1. The monoisotopic (exact) mass is 355 g/mol. The fourth-order valence-electron chi connectivity index (χ4n) is 1.53. The lowest BCUT2D eigenvalue weighted by Gasteiger charge is -2.08. The van der Waals surface area contributed by atoms with E-state index < -0.39 is 0 Å². The average molecular weight is 356 g/mol. The van der Waals surface area contributed by atoms with Crippen molar-refractivity contribution in [3.05, 3.63) is 64.7 Å². The molecule has 116 valence electrons. The van der Waals surface area contributed by atoms with Crippen molar-refractivity contribution in [2.75, 3.05) is 13.3 Å². The van der Waals surface area contributed by atoms with Crippen molar-refractivity contribution in [3.63, 3.8) is 0 Å². The minimum absolute atomic E-state index is 0.106. The fourth-order valence-corrected chi connectivity index (χ4v) is 2.14. The van der Waals surface area contributed by atoms with Gasteiger partial charge in [0.1, 0.15) is 5.75 Å². The van der Waals surface area contributed by atoms with Gasteiger partial charge in [-0.3, -0.25) is 4.79 Å². The second kappa shape index (κ2) is 8.83. The third kappa shape index (κ3) is 5.37. The number of hydrogen-bond donors (Lipinski definition) is 0. The number of allylic oxidation sites excluding steroid dienone is 4. The van der Waals surface area contributed by atoms with Gasteiger partial charge in [0.05, 0.1) is 0 Å². The van der Waals surface area contributed by atoms with Gasteiger partial charge in [0, 0.05) is 28.2 Å². The number of thioether (sulfide) groups is 1. The van der Waals surface area contributed by atoms with Gasteiger partial charge in [-0.05, 0) is 36.6 Å². The molecular weight excluding hydrogens is 341 g/mol. The van der Waals surface area contributed by atoms with E-state index in [2.05, 4.69) is 18.2 Å². The molecule has 0 saturated carbocycles. The van der Waals surface area contributed by atoms with Crippen LogP contribution in [-0.4, -0.2) is 24.3 Å². The lowest BCUT2D eigenvalue weighted by Crippen LogP contribution is -2.05. The van der Waals surface area contributed by atoms with E-state index in [-0.39, 0.29) is 21.4 Å². The van der Waals surface area contributed by atoms with Crippen LogP contribution in [0.2, 0.25) is 0 Å². The molecule has 0 N–H and O–H groups in total. The highest BCUT2D eigenvalue weighted by Gasteiger charge is 2.14. The Bertz CT molecular complexity index is 649. The molecule has 0 radical (unpaired) electrons. The van der Waals surface area contributed by atoms with E-state index in [1.54, 1.807) is 31.3 Å². The summed E-state index contributed by atoms with van der Waals surface area (Å²) in [5, 5.41) is 0.844. The summed E-state index contributed by atoms with van der Waals surface area (Å²) in [6.45, 7) is 7.09. The first kappa shape index (κ1) is 18.6. The van der Waals surface area contributed by atoms with Crippen LogP contribution in [0.1, 0.15) is 10.4 Å². The van der Waals surface area contributed by atoms with E-state index in [1.165, 1.54) is 17.8 Å². The van der Waals surface area contributed by atoms with Gasteiger partial charge in [-0.1, -0.05) is 48.1 Å². The molecule has 0 unspecified atom stereocenters. The van der Waals surface area contributed by atoms with Crippen molar-refractivity contribution in [1.29, 1.82) is 0 Å². The maximum Gasteiger partial charge on any atom is 0.250 e. The van der Waals surface area contributed by atoms with E-state index in [0.29, 0.717) is 16.5 Å². The van der Waals surface area contributed by atoms with Crippen molar-refractivity contribution < 1.29 is 9.53 Å². The van der Waals surface area contributed by atoms with Gasteiger partial charge >= 0.3 is 0 Å². The smallest absolute Gasteiger partial charge is 0.250 e. The minimum atomic E-state index is -0.289. The molecule has 6 heteroatoms. The highest BCUT2D eigenvalue weighted by atomic mass is 35.5. The Morgan fingerprint density at radius 2 is 1.86 bits per heavy atom. The number of halogens is 2. The van der Waals surface area contributed by atoms with Gasteiger partial charge in [-0.25, -0.2) is 4.99 Å². The third-order valence-electron chi connectivity index (χ3n) is 2.52. The molecule has 0 amide bonds. The van der Waals surface area contributed by atoms with Crippen molar-refractivity contribution >= 4 is 46.0 Å². The molecule has 0 aliphatic heterocycles. The van der Waals surface area contributed by atoms with Crippen LogP contribution in [0.4, 0.5) is 0 Å². The van der Waals surface area contributed by atoms with Crippen molar-refractivity contribution in [1.82, 2.24) is 0 Å². The Labute approximate surface area is 144 Å². The van der Waals surface area contributed by atoms with Crippen molar-refractivity contribution in [3.8, 4) is 5.75 Å². The second-order valence-corrected chi connectivity index (χ2v) is 5.76. The quantitative estimate of drug-likeness (QED) is 0.244. The number of nitrogens with zero attached hydrogens (tertiary/aromatic N) is 1. The van der Waals surface area contributed by atoms with E-state index in [4.69, 9.17) is 27.9 Å². The molecule has 0 spiro atoms. The summed E-state index contributed by atoms with van der Waals surface area (Å²) in [7, 11) is 1.64. The van der Waals surface area contributed by atoms with Crippen LogP contribution in [0, 0.1) is 0 Å². The maximum absolute atomic E-state index is 12.4. The molecule has 3 nitrogen and oxygen atoms in total. The van der Waals surface area contributed by atoms with Crippen LogP contribution in [-0.2, 0) is 0 Å². The van der Waals surface area contributed by atoms with E-state index in [9.17, 15) is 4.79 Å². The number of ketones is 1.